The lowest BCUT2D eigenvalue weighted by molar-refractivity contribution is -0.384. The van der Waals surface area contributed by atoms with E-state index in [1.165, 1.54) is 4.68 Å². The molecule has 1 aromatic rings. The Morgan fingerprint density at radius 3 is 2.71 bits per heavy atom. The van der Waals surface area contributed by atoms with Gasteiger partial charge in [0, 0.05) is 25.9 Å². The molecular weight excluding hydrogens is 276 g/mol. The summed E-state index contributed by atoms with van der Waals surface area (Å²) in [5.41, 5.74) is 0.457. The second kappa shape index (κ2) is 7.61. The van der Waals surface area contributed by atoms with E-state index < -0.39 is 4.92 Å². The number of nitro groups is 1. The van der Waals surface area contributed by atoms with Gasteiger partial charge in [-0.1, -0.05) is 13.8 Å². The highest BCUT2D eigenvalue weighted by atomic mass is 16.6. The molecule has 1 N–H and O–H groups in total. The van der Waals surface area contributed by atoms with Gasteiger partial charge in [-0.25, -0.2) is 4.68 Å². The number of nitrogens with one attached hydrogen (secondary N) is 1. The van der Waals surface area contributed by atoms with Crippen LogP contribution in [0.5, 0.6) is 0 Å². The first kappa shape index (κ1) is 16.9. The molecule has 0 bridgehead atoms. The minimum Gasteiger partial charge on any atom is -0.466 e. The number of rotatable bonds is 8. The minimum atomic E-state index is -0.421. The largest absolute Gasteiger partial charge is 0.466 e. The fourth-order valence-corrected chi connectivity index (χ4v) is 1.97. The summed E-state index contributed by atoms with van der Waals surface area (Å²) in [5, 5.41) is 18.4. The zero-order valence-electron chi connectivity index (χ0n) is 12.9. The van der Waals surface area contributed by atoms with Crippen LogP contribution in [0.4, 0.5) is 11.5 Å². The predicted molar refractivity (Wildman–Crippen MR) is 78.3 cm³/mol. The number of hydrogen-bond donors (Lipinski definition) is 1. The Labute approximate surface area is 123 Å². The third kappa shape index (κ3) is 4.44. The van der Waals surface area contributed by atoms with E-state index in [1.807, 2.05) is 13.8 Å². The molecule has 0 saturated carbocycles. The third-order valence-electron chi connectivity index (χ3n) is 2.93. The van der Waals surface area contributed by atoms with Crippen molar-refractivity contribution in [3.05, 3.63) is 15.8 Å². The maximum atomic E-state index is 11.2. The molecular formula is C13H22N4O4. The maximum absolute atomic E-state index is 11.2. The van der Waals surface area contributed by atoms with Gasteiger partial charge in [0.05, 0.1) is 11.5 Å². The Hall–Kier alpha value is -2.12. The van der Waals surface area contributed by atoms with E-state index in [-0.39, 0.29) is 24.0 Å². The third-order valence-corrected chi connectivity index (χ3v) is 2.93. The smallest absolute Gasteiger partial charge is 0.334 e. The van der Waals surface area contributed by atoms with Crippen LogP contribution in [-0.2, 0) is 16.6 Å². The number of aryl methyl sites for hydroxylation is 1. The summed E-state index contributed by atoms with van der Waals surface area (Å²) in [5.74, 6) is 0.0703. The van der Waals surface area contributed by atoms with Crippen molar-refractivity contribution in [2.24, 2.45) is 7.05 Å². The van der Waals surface area contributed by atoms with E-state index in [9.17, 15) is 14.9 Å². The van der Waals surface area contributed by atoms with Gasteiger partial charge in [0.1, 0.15) is 5.69 Å². The number of anilines is 1. The van der Waals surface area contributed by atoms with Crippen molar-refractivity contribution in [3.63, 3.8) is 0 Å². The topological polar surface area (TPSA) is 99.3 Å². The number of hydrogen-bond acceptors (Lipinski definition) is 6. The average Bonchev–Trinajstić information content (AvgIpc) is 2.72. The van der Waals surface area contributed by atoms with Crippen LogP contribution >= 0.6 is 0 Å². The van der Waals surface area contributed by atoms with E-state index in [2.05, 4.69) is 10.4 Å². The highest BCUT2D eigenvalue weighted by Crippen LogP contribution is 2.32. The molecule has 1 aromatic heterocycles. The molecule has 118 valence electrons. The van der Waals surface area contributed by atoms with Gasteiger partial charge in [-0.15, -0.1) is 0 Å². The average molecular weight is 298 g/mol. The molecule has 1 heterocycles. The van der Waals surface area contributed by atoms with E-state index in [4.69, 9.17) is 4.74 Å². The lowest BCUT2D eigenvalue weighted by Gasteiger charge is -2.06. The van der Waals surface area contributed by atoms with E-state index in [1.54, 1.807) is 14.0 Å². The Balaban J connectivity index is 2.71. The second-order valence-electron chi connectivity index (χ2n) is 4.95. The van der Waals surface area contributed by atoms with Crippen molar-refractivity contribution in [1.82, 2.24) is 9.78 Å². The van der Waals surface area contributed by atoms with Crippen LogP contribution in [0.3, 0.4) is 0 Å². The summed E-state index contributed by atoms with van der Waals surface area (Å²) in [4.78, 5) is 22.0. The summed E-state index contributed by atoms with van der Waals surface area (Å²) < 4.78 is 6.29. The van der Waals surface area contributed by atoms with Gasteiger partial charge < -0.3 is 10.1 Å². The van der Waals surface area contributed by atoms with Crippen LogP contribution in [-0.4, -0.2) is 33.8 Å². The normalized spacial score (nSPS) is 10.7. The lowest BCUT2D eigenvalue weighted by atomic mass is 10.1. The number of esters is 1. The molecule has 8 heteroatoms. The quantitative estimate of drug-likeness (QED) is 0.342. The van der Waals surface area contributed by atoms with Crippen molar-refractivity contribution in [1.29, 1.82) is 0 Å². The van der Waals surface area contributed by atoms with Crippen LogP contribution in [0.15, 0.2) is 0 Å². The van der Waals surface area contributed by atoms with Crippen molar-refractivity contribution >= 4 is 17.5 Å². The van der Waals surface area contributed by atoms with Gasteiger partial charge in [-0.3, -0.25) is 14.9 Å². The first-order chi connectivity index (χ1) is 9.88. The zero-order chi connectivity index (χ0) is 16.0. The summed E-state index contributed by atoms with van der Waals surface area (Å²) >= 11 is 0. The van der Waals surface area contributed by atoms with Crippen LogP contribution < -0.4 is 5.32 Å². The Morgan fingerprint density at radius 1 is 1.52 bits per heavy atom. The molecule has 0 fully saturated rings. The molecule has 0 aliphatic heterocycles. The summed E-state index contributed by atoms with van der Waals surface area (Å²) in [6.07, 6.45) is 0.821. The van der Waals surface area contributed by atoms with Gasteiger partial charge in [-0.05, 0) is 13.3 Å². The molecule has 1 rings (SSSR count). The first-order valence-corrected chi connectivity index (χ1v) is 6.99. The van der Waals surface area contributed by atoms with Crippen LogP contribution in [0, 0.1) is 10.1 Å². The minimum absolute atomic E-state index is 0.00337. The molecule has 0 spiro atoms. The molecule has 0 atom stereocenters. The van der Waals surface area contributed by atoms with Crippen LogP contribution in [0.25, 0.3) is 0 Å². The molecule has 8 nitrogen and oxygen atoms in total. The summed E-state index contributed by atoms with van der Waals surface area (Å²) in [6, 6.07) is 0. The van der Waals surface area contributed by atoms with Gasteiger partial charge in [0.25, 0.3) is 0 Å². The molecule has 0 aromatic carbocycles. The molecule has 0 unspecified atom stereocenters. The highest BCUT2D eigenvalue weighted by Gasteiger charge is 2.28. The fraction of sp³-hybridized carbons (Fsp3) is 0.692. The monoisotopic (exact) mass is 298 g/mol. The molecule has 0 aliphatic rings. The van der Waals surface area contributed by atoms with Crippen LogP contribution in [0.1, 0.15) is 45.2 Å². The molecule has 0 aliphatic carbocycles. The van der Waals surface area contributed by atoms with Gasteiger partial charge >= 0.3 is 11.7 Å². The lowest BCUT2D eigenvalue weighted by Crippen LogP contribution is -2.11. The fourth-order valence-electron chi connectivity index (χ4n) is 1.97. The Kier molecular flexibility index (Phi) is 6.13. The van der Waals surface area contributed by atoms with Gasteiger partial charge in [-0.2, -0.15) is 5.10 Å². The number of aromatic nitrogens is 2. The van der Waals surface area contributed by atoms with Crippen LogP contribution in [0.2, 0.25) is 0 Å². The van der Waals surface area contributed by atoms with Crippen molar-refractivity contribution in [2.45, 2.75) is 39.5 Å². The summed E-state index contributed by atoms with van der Waals surface area (Å²) in [7, 11) is 1.66. The number of carbonyl (C=O) groups is 1. The van der Waals surface area contributed by atoms with Crippen molar-refractivity contribution in [3.8, 4) is 0 Å². The Bertz CT molecular complexity index is 511. The standard InChI is InChI=1S/C13H22N4O4/c1-5-21-10(18)7-6-8-14-13-12(17(19)20)11(9(2)3)15-16(13)4/h9,14H,5-8H2,1-4H3. The SMILES string of the molecule is CCOC(=O)CCCNc1c([N+](=O)[O-])c(C(C)C)nn1C. The van der Waals surface area contributed by atoms with E-state index in [0.29, 0.717) is 31.1 Å². The zero-order valence-corrected chi connectivity index (χ0v) is 12.9. The van der Waals surface area contributed by atoms with E-state index >= 15 is 0 Å². The molecule has 0 radical (unpaired) electrons. The maximum Gasteiger partial charge on any atom is 0.334 e. The number of nitrogens with zero attached hydrogens (tertiary/aromatic N) is 3. The highest BCUT2D eigenvalue weighted by molar-refractivity contribution is 5.69. The molecule has 21 heavy (non-hydrogen) atoms. The van der Waals surface area contributed by atoms with Crippen molar-refractivity contribution < 1.29 is 14.5 Å². The summed E-state index contributed by atoms with van der Waals surface area (Å²) in [6.45, 7) is 6.27. The van der Waals surface area contributed by atoms with Crippen molar-refractivity contribution in [2.75, 3.05) is 18.5 Å². The molecule has 0 amide bonds. The van der Waals surface area contributed by atoms with E-state index in [0.717, 1.165) is 0 Å². The second-order valence-corrected chi connectivity index (χ2v) is 4.95. The Morgan fingerprint density at radius 2 is 2.19 bits per heavy atom. The number of ether oxygens (including phenoxy) is 1. The van der Waals surface area contributed by atoms with Gasteiger partial charge in [0.15, 0.2) is 0 Å². The first-order valence-electron chi connectivity index (χ1n) is 6.99. The predicted octanol–water partition coefficient (Wildman–Crippen LogP) is 2.21. The molecule has 0 saturated heterocycles. The number of carbonyl (C=O) groups excluding carboxylic acids is 1. The van der Waals surface area contributed by atoms with Gasteiger partial charge in [0.2, 0.25) is 5.82 Å².